The predicted octanol–water partition coefficient (Wildman–Crippen LogP) is -0.287. The van der Waals surface area contributed by atoms with Crippen LogP contribution >= 0.6 is 0 Å². The Morgan fingerprint density at radius 3 is 2.19 bits per heavy atom. The van der Waals surface area contributed by atoms with Gasteiger partial charge >= 0.3 is 5.97 Å². The smallest absolute Gasteiger partial charge is 0.311 e. The first-order chi connectivity index (χ1) is 7.46. The molecular weight excluding hydrogens is 216 g/mol. The molecule has 0 aliphatic rings. The van der Waals surface area contributed by atoms with E-state index in [0.717, 1.165) is 0 Å². The highest BCUT2D eigenvalue weighted by Gasteiger charge is 2.19. The molecule has 1 aromatic rings. The molecule has 0 saturated carbocycles. The van der Waals surface area contributed by atoms with E-state index in [9.17, 15) is 0 Å². The first-order valence-corrected chi connectivity index (χ1v) is 4.48. The van der Waals surface area contributed by atoms with E-state index >= 15 is 0 Å². The molecule has 16 heavy (non-hydrogen) atoms. The number of methoxy groups -OCH3 is 2. The molecule has 1 rings (SSSR count). The molecule has 1 aromatic carbocycles. The molecule has 0 aromatic heterocycles. The van der Waals surface area contributed by atoms with E-state index in [1.807, 2.05) is 0 Å². The van der Waals surface area contributed by atoms with Crippen LogP contribution in [0, 0.1) is 0 Å². The average molecular weight is 230 g/mol. The minimum Gasteiger partial charge on any atom is -0.493 e. The monoisotopic (exact) mass is 230 g/mol. The van der Waals surface area contributed by atoms with E-state index in [1.54, 1.807) is 12.1 Å². The standard InChI is InChI=1S/C10H14O6/c1-14-8-4-3-7(5-9(8)15-2)16-6-10(11,12)13/h3-5,11-13H,6H2,1-2H3. The highest BCUT2D eigenvalue weighted by molar-refractivity contribution is 5.45. The molecule has 0 aliphatic heterocycles. The lowest BCUT2D eigenvalue weighted by atomic mass is 10.3. The van der Waals surface area contributed by atoms with Gasteiger partial charge in [0, 0.05) is 6.07 Å². The van der Waals surface area contributed by atoms with Crippen LogP contribution in [0.25, 0.3) is 0 Å². The molecule has 0 saturated heterocycles. The van der Waals surface area contributed by atoms with Crippen LogP contribution in [0.4, 0.5) is 0 Å². The third kappa shape index (κ3) is 3.58. The van der Waals surface area contributed by atoms with Crippen molar-refractivity contribution in [3.8, 4) is 17.2 Å². The van der Waals surface area contributed by atoms with E-state index in [0.29, 0.717) is 17.2 Å². The van der Waals surface area contributed by atoms with Gasteiger partial charge in [-0.15, -0.1) is 0 Å². The second kappa shape index (κ2) is 5.02. The van der Waals surface area contributed by atoms with Gasteiger partial charge in [-0.3, -0.25) is 0 Å². The second-order valence-electron chi connectivity index (χ2n) is 3.08. The molecule has 90 valence electrons. The predicted molar refractivity (Wildman–Crippen MR) is 54.4 cm³/mol. The van der Waals surface area contributed by atoms with Crippen molar-refractivity contribution >= 4 is 0 Å². The molecule has 0 unspecified atom stereocenters. The van der Waals surface area contributed by atoms with Crippen LogP contribution in [0.2, 0.25) is 0 Å². The summed E-state index contributed by atoms with van der Waals surface area (Å²) in [6, 6.07) is 4.65. The molecular formula is C10H14O6. The summed E-state index contributed by atoms with van der Waals surface area (Å²) < 4.78 is 15.0. The zero-order valence-electron chi connectivity index (χ0n) is 9.01. The third-order valence-electron chi connectivity index (χ3n) is 1.79. The Morgan fingerprint density at radius 2 is 1.69 bits per heavy atom. The number of ether oxygens (including phenoxy) is 3. The Bertz CT molecular complexity index is 344. The van der Waals surface area contributed by atoms with Gasteiger partial charge in [-0.2, -0.15) is 0 Å². The van der Waals surface area contributed by atoms with Gasteiger partial charge < -0.3 is 29.5 Å². The van der Waals surface area contributed by atoms with Crippen molar-refractivity contribution in [2.24, 2.45) is 0 Å². The van der Waals surface area contributed by atoms with Crippen LogP contribution in [-0.4, -0.2) is 42.1 Å². The van der Waals surface area contributed by atoms with Crippen LogP contribution in [0.5, 0.6) is 17.2 Å². The quantitative estimate of drug-likeness (QED) is 0.602. The first-order valence-electron chi connectivity index (χ1n) is 4.48. The Morgan fingerprint density at radius 1 is 1.06 bits per heavy atom. The molecule has 0 bridgehead atoms. The lowest BCUT2D eigenvalue weighted by Gasteiger charge is -2.15. The van der Waals surface area contributed by atoms with Gasteiger partial charge in [-0.05, 0) is 12.1 Å². The number of hydrogen-bond acceptors (Lipinski definition) is 6. The largest absolute Gasteiger partial charge is 0.493 e. The molecule has 0 amide bonds. The van der Waals surface area contributed by atoms with E-state index in [-0.39, 0.29) is 0 Å². The van der Waals surface area contributed by atoms with Crippen molar-refractivity contribution in [1.82, 2.24) is 0 Å². The van der Waals surface area contributed by atoms with Gasteiger partial charge in [0.1, 0.15) is 5.75 Å². The number of rotatable bonds is 5. The highest BCUT2D eigenvalue weighted by atomic mass is 16.7. The van der Waals surface area contributed by atoms with Crippen molar-refractivity contribution in [2.75, 3.05) is 20.8 Å². The minimum atomic E-state index is -2.85. The lowest BCUT2D eigenvalue weighted by molar-refractivity contribution is -0.322. The molecule has 0 aliphatic carbocycles. The Labute approximate surface area is 92.6 Å². The first kappa shape index (κ1) is 12.6. The van der Waals surface area contributed by atoms with Crippen molar-refractivity contribution in [3.05, 3.63) is 18.2 Å². The molecule has 0 spiro atoms. The van der Waals surface area contributed by atoms with E-state index < -0.39 is 12.6 Å². The van der Waals surface area contributed by atoms with E-state index in [4.69, 9.17) is 29.5 Å². The average Bonchev–Trinajstić information content (AvgIpc) is 2.25. The number of benzene rings is 1. The van der Waals surface area contributed by atoms with Crippen molar-refractivity contribution in [1.29, 1.82) is 0 Å². The van der Waals surface area contributed by atoms with Crippen molar-refractivity contribution < 1.29 is 29.5 Å². The third-order valence-corrected chi connectivity index (χ3v) is 1.79. The van der Waals surface area contributed by atoms with Crippen LogP contribution in [0.3, 0.4) is 0 Å². The van der Waals surface area contributed by atoms with Crippen LogP contribution < -0.4 is 14.2 Å². The number of hydrogen-bond donors (Lipinski definition) is 3. The summed E-state index contributed by atoms with van der Waals surface area (Å²) >= 11 is 0. The highest BCUT2D eigenvalue weighted by Crippen LogP contribution is 2.30. The van der Waals surface area contributed by atoms with Crippen molar-refractivity contribution in [3.63, 3.8) is 0 Å². The van der Waals surface area contributed by atoms with Gasteiger partial charge in [-0.25, -0.2) is 0 Å². The molecule has 6 nitrogen and oxygen atoms in total. The topological polar surface area (TPSA) is 88.4 Å². The summed E-state index contributed by atoms with van der Waals surface area (Å²) in [5.41, 5.74) is 0. The minimum absolute atomic E-state index is 0.319. The fourth-order valence-electron chi connectivity index (χ4n) is 1.09. The van der Waals surface area contributed by atoms with Crippen molar-refractivity contribution in [2.45, 2.75) is 5.97 Å². The van der Waals surface area contributed by atoms with Gasteiger partial charge in [0.15, 0.2) is 18.1 Å². The molecule has 0 fully saturated rings. The fourth-order valence-corrected chi connectivity index (χ4v) is 1.09. The normalized spacial score (nSPS) is 11.1. The summed E-state index contributed by atoms with van der Waals surface area (Å²) in [4.78, 5) is 0. The molecule has 0 atom stereocenters. The van der Waals surface area contributed by atoms with Gasteiger partial charge in [-0.1, -0.05) is 0 Å². The second-order valence-corrected chi connectivity index (χ2v) is 3.08. The van der Waals surface area contributed by atoms with Gasteiger partial charge in [0.2, 0.25) is 0 Å². The fraction of sp³-hybridized carbons (Fsp3) is 0.400. The molecule has 6 heteroatoms. The molecule has 3 N–H and O–H groups in total. The zero-order valence-corrected chi connectivity index (χ0v) is 9.01. The Kier molecular flexibility index (Phi) is 3.94. The zero-order chi connectivity index (χ0) is 12.2. The molecule has 0 radical (unpaired) electrons. The van der Waals surface area contributed by atoms with Crippen LogP contribution in [0.1, 0.15) is 0 Å². The summed E-state index contributed by atoms with van der Waals surface area (Å²) in [6.45, 7) is -0.664. The maximum absolute atomic E-state index is 8.64. The maximum Gasteiger partial charge on any atom is 0.311 e. The van der Waals surface area contributed by atoms with Crippen LogP contribution in [-0.2, 0) is 0 Å². The Hall–Kier alpha value is -1.50. The molecule has 0 heterocycles. The van der Waals surface area contributed by atoms with E-state index in [1.165, 1.54) is 20.3 Å². The number of aliphatic hydroxyl groups is 3. The van der Waals surface area contributed by atoms with Gasteiger partial charge in [0.25, 0.3) is 0 Å². The Balaban J connectivity index is 2.75. The summed E-state index contributed by atoms with van der Waals surface area (Å²) in [6.07, 6.45) is 0. The van der Waals surface area contributed by atoms with Crippen LogP contribution in [0.15, 0.2) is 18.2 Å². The lowest BCUT2D eigenvalue weighted by Crippen LogP contribution is -2.34. The van der Waals surface area contributed by atoms with Gasteiger partial charge in [0.05, 0.1) is 14.2 Å². The van der Waals surface area contributed by atoms with E-state index in [2.05, 4.69) is 0 Å². The summed E-state index contributed by atoms with van der Waals surface area (Å²) in [5.74, 6) is -1.57. The summed E-state index contributed by atoms with van der Waals surface area (Å²) in [5, 5.41) is 25.9. The maximum atomic E-state index is 8.64. The SMILES string of the molecule is COc1ccc(OCC(O)(O)O)cc1OC. The summed E-state index contributed by atoms with van der Waals surface area (Å²) in [7, 11) is 2.97.